The lowest BCUT2D eigenvalue weighted by molar-refractivity contribution is 0.0526. The van der Waals surface area contributed by atoms with Crippen LogP contribution in [0.25, 0.3) is 0 Å². The Kier molecular flexibility index (Phi) is 5.54. The zero-order chi connectivity index (χ0) is 14.5. The summed E-state index contributed by atoms with van der Waals surface area (Å²) in [6, 6.07) is 5.19. The lowest BCUT2D eigenvalue weighted by atomic mass is 10.1. The van der Waals surface area contributed by atoms with Crippen molar-refractivity contribution in [3.8, 4) is 0 Å². The second-order valence-corrected chi connectivity index (χ2v) is 6.35. The fourth-order valence-electron chi connectivity index (χ4n) is 1.45. The van der Waals surface area contributed by atoms with Crippen molar-refractivity contribution in [2.45, 2.75) is 25.5 Å². The third-order valence-electron chi connectivity index (χ3n) is 2.82. The zero-order valence-electron chi connectivity index (χ0n) is 11.9. The van der Waals surface area contributed by atoms with E-state index in [0.29, 0.717) is 17.9 Å². The maximum Gasteiger partial charge on any atom is 0.338 e. The molecule has 0 amide bonds. The second-order valence-electron chi connectivity index (χ2n) is 4.84. The van der Waals surface area contributed by atoms with E-state index in [1.807, 2.05) is 6.07 Å². The van der Waals surface area contributed by atoms with Crippen LogP contribution in [0.5, 0.6) is 0 Å². The third-order valence-corrected chi connectivity index (χ3v) is 4.07. The summed E-state index contributed by atoms with van der Waals surface area (Å²) in [4.78, 5) is 11.6. The van der Waals surface area contributed by atoms with E-state index in [1.165, 1.54) is 0 Å². The molecule has 0 aliphatic heterocycles. The quantitative estimate of drug-likeness (QED) is 0.620. The van der Waals surface area contributed by atoms with Crippen LogP contribution in [0.2, 0.25) is 0 Å². The summed E-state index contributed by atoms with van der Waals surface area (Å²) in [5.41, 5.74) is 7.83. The Morgan fingerprint density at radius 3 is 2.68 bits per heavy atom. The largest absolute Gasteiger partial charge is 0.462 e. The number of rotatable bonds is 6. The van der Waals surface area contributed by atoms with Crippen LogP contribution < -0.4 is 11.1 Å². The van der Waals surface area contributed by atoms with Gasteiger partial charge in [0, 0.05) is 11.3 Å². The highest BCUT2D eigenvalue weighted by molar-refractivity contribution is 7.99. The molecule has 0 unspecified atom stereocenters. The van der Waals surface area contributed by atoms with Gasteiger partial charge in [0.1, 0.15) is 0 Å². The topological polar surface area (TPSA) is 64.3 Å². The van der Waals surface area contributed by atoms with Crippen LogP contribution in [0.15, 0.2) is 18.2 Å². The monoisotopic (exact) mass is 282 g/mol. The number of carbonyl (C=O) groups excluding carboxylic acids is 1. The van der Waals surface area contributed by atoms with Gasteiger partial charge in [-0.2, -0.15) is 11.8 Å². The molecule has 5 heteroatoms. The number of ether oxygens (including phenoxy) is 1. The predicted octanol–water partition coefficient (Wildman–Crippen LogP) is 3.00. The second kappa shape index (κ2) is 6.70. The lowest BCUT2D eigenvalue weighted by Crippen LogP contribution is -2.26. The van der Waals surface area contributed by atoms with E-state index in [4.69, 9.17) is 10.5 Å². The van der Waals surface area contributed by atoms with E-state index in [-0.39, 0.29) is 10.7 Å². The molecule has 0 spiro atoms. The zero-order valence-corrected chi connectivity index (χ0v) is 12.8. The number of benzene rings is 1. The molecule has 106 valence electrons. The molecule has 1 aromatic rings. The Bertz CT molecular complexity index is 447. The number of hydrogen-bond acceptors (Lipinski definition) is 5. The Morgan fingerprint density at radius 1 is 1.47 bits per heavy atom. The minimum Gasteiger partial charge on any atom is -0.462 e. The molecule has 1 rings (SSSR count). The molecule has 0 heterocycles. The highest BCUT2D eigenvalue weighted by Gasteiger charge is 2.16. The molecule has 0 saturated heterocycles. The highest BCUT2D eigenvalue weighted by Crippen LogP contribution is 2.25. The standard InChI is InChI=1S/C14H22N2O2S/c1-5-18-13(17)10-6-7-12(11(15)8-10)16-9-14(2,3)19-4/h6-8,16H,5,9,15H2,1-4H3. The fourth-order valence-corrected chi connectivity index (χ4v) is 1.66. The molecule has 0 fully saturated rings. The Balaban J connectivity index is 2.75. The van der Waals surface area contributed by atoms with Crippen LogP contribution in [0.4, 0.5) is 11.4 Å². The van der Waals surface area contributed by atoms with Crippen LogP contribution >= 0.6 is 11.8 Å². The molecule has 3 N–H and O–H groups in total. The van der Waals surface area contributed by atoms with Gasteiger partial charge in [0.05, 0.1) is 23.5 Å². The van der Waals surface area contributed by atoms with Gasteiger partial charge < -0.3 is 15.8 Å². The van der Waals surface area contributed by atoms with Gasteiger partial charge in [-0.05, 0) is 45.2 Å². The van der Waals surface area contributed by atoms with Crippen molar-refractivity contribution in [3.63, 3.8) is 0 Å². The molecule has 19 heavy (non-hydrogen) atoms. The van der Waals surface area contributed by atoms with Crippen LogP contribution in [0.3, 0.4) is 0 Å². The van der Waals surface area contributed by atoms with E-state index in [0.717, 1.165) is 12.2 Å². The number of esters is 1. The Morgan fingerprint density at radius 2 is 2.16 bits per heavy atom. The minimum absolute atomic E-state index is 0.131. The first kappa shape index (κ1) is 15.7. The van der Waals surface area contributed by atoms with Crippen LogP contribution in [-0.2, 0) is 4.74 Å². The lowest BCUT2D eigenvalue weighted by Gasteiger charge is -2.23. The number of anilines is 2. The molecule has 0 aromatic heterocycles. The predicted molar refractivity (Wildman–Crippen MR) is 82.9 cm³/mol. The van der Waals surface area contributed by atoms with E-state index in [2.05, 4.69) is 25.4 Å². The number of thioether (sulfide) groups is 1. The van der Waals surface area contributed by atoms with E-state index in [1.54, 1.807) is 30.8 Å². The summed E-state index contributed by atoms with van der Waals surface area (Å²) in [7, 11) is 0. The molecular formula is C14H22N2O2S. The summed E-state index contributed by atoms with van der Waals surface area (Å²) < 4.78 is 5.07. The van der Waals surface area contributed by atoms with Gasteiger partial charge in [0.15, 0.2) is 0 Å². The van der Waals surface area contributed by atoms with Crippen molar-refractivity contribution in [2.75, 3.05) is 30.5 Å². The summed E-state index contributed by atoms with van der Waals surface area (Å²) in [6.07, 6.45) is 2.08. The number of nitrogens with two attached hydrogens (primary N) is 1. The molecule has 1 aromatic carbocycles. The first-order chi connectivity index (χ1) is 8.89. The highest BCUT2D eigenvalue weighted by atomic mass is 32.2. The van der Waals surface area contributed by atoms with Crippen molar-refractivity contribution >= 4 is 29.1 Å². The van der Waals surface area contributed by atoms with Crippen LogP contribution in [0.1, 0.15) is 31.1 Å². The number of hydrogen-bond donors (Lipinski definition) is 2. The number of carbonyl (C=O) groups is 1. The van der Waals surface area contributed by atoms with E-state index >= 15 is 0 Å². The Hall–Kier alpha value is -1.36. The molecule has 0 atom stereocenters. The average Bonchev–Trinajstić information content (AvgIpc) is 2.37. The number of nitrogen functional groups attached to an aromatic ring is 1. The van der Waals surface area contributed by atoms with Gasteiger partial charge in [-0.3, -0.25) is 0 Å². The van der Waals surface area contributed by atoms with Crippen LogP contribution in [0, 0.1) is 0 Å². The summed E-state index contributed by atoms with van der Waals surface area (Å²) >= 11 is 1.79. The maximum absolute atomic E-state index is 11.6. The Labute approximate surface area is 119 Å². The van der Waals surface area contributed by atoms with Gasteiger partial charge >= 0.3 is 5.97 Å². The van der Waals surface area contributed by atoms with E-state index in [9.17, 15) is 4.79 Å². The molecular weight excluding hydrogens is 260 g/mol. The summed E-state index contributed by atoms with van der Waals surface area (Å²) in [5, 5.41) is 3.30. The average molecular weight is 282 g/mol. The first-order valence-electron chi connectivity index (χ1n) is 6.25. The SMILES string of the molecule is CCOC(=O)c1ccc(NCC(C)(C)SC)c(N)c1. The van der Waals surface area contributed by atoms with Gasteiger partial charge in [-0.25, -0.2) is 4.79 Å². The van der Waals surface area contributed by atoms with Crippen molar-refractivity contribution in [2.24, 2.45) is 0 Å². The van der Waals surface area contributed by atoms with Crippen molar-refractivity contribution < 1.29 is 9.53 Å². The van der Waals surface area contributed by atoms with Crippen molar-refractivity contribution in [1.29, 1.82) is 0 Å². The first-order valence-corrected chi connectivity index (χ1v) is 7.47. The maximum atomic E-state index is 11.6. The molecule has 0 bridgehead atoms. The molecule has 0 radical (unpaired) electrons. The summed E-state index contributed by atoms with van der Waals surface area (Å²) in [5.74, 6) is -0.342. The van der Waals surface area contributed by atoms with Gasteiger partial charge in [0.2, 0.25) is 0 Å². The minimum atomic E-state index is -0.342. The van der Waals surface area contributed by atoms with Gasteiger partial charge in [-0.1, -0.05) is 0 Å². The van der Waals surface area contributed by atoms with Crippen molar-refractivity contribution in [1.82, 2.24) is 0 Å². The fraction of sp³-hybridized carbons (Fsp3) is 0.500. The van der Waals surface area contributed by atoms with Crippen LogP contribution in [-0.4, -0.2) is 30.1 Å². The van der Waals surface area contributed by atoms with Gasteiger partial charge in [0.25, 0.3) is 0 Å². The molecule has 0 saturated carbocycles. The molecule has 0 aliphatic carbocycles. The van der Waals surface area contributed by atoms with Crippen molar-refractivity contribution in [3.05, 3.63) is 23.8 Å². The third kappa shape index (κ3) is 4.67. The smallest absolute Gasteiger partial charge is 0.338 e. The summed E-state index contributed by atoms with van der Waals surface area (Å²) in [6.45, 7) is 7.27. The molecule has 4 nitrogen and oxygen atoms in total. The number of nitrogens with one attached hydrogen (secondary N) is 1. The normalized spacial score (nSPS) is 11.2. The van der Waals surface area contributed by atoms with Gasteiger partial charge in [-0.15, -0.1) is 0 Å². The molecule has 0 aliphatic rings. The van der Waals surface area contributed by atoms with E-state index < -0.39 is 0 Å².